The van der Waals surface area contributed by atoms with E-state index in [1.165, 1.54) is 0 Å². The highest BCUT2D eigenvalue weighted by molar-refractivity contribution is 5.86. The van der Waals surface area contributed by atoms with Gasteiger partial charge in [0.05, 0.1) is 6.42 Å². The van der Waals surface area contributed by atoms with Gasteiger partial charge in [0.15, 0.2) is 11.5 Å². The molecule has 8 heteroatoms. The van der Waals surface area contributed by atoms with E-state index in [0.717, 1.165) is 11.1 Å². The highest BCUT2D eigenvalue weighted by Gasteiger charge is 2.14. The number of amides is 3. The van der Waals surface area contributed by atoms with Crippen molar-refractivity contribution in [2.75, 3.05) is 6.79 Å². The van der Waals surface area contributed by atoms with Gasteiger partial charge < -0.3 is 14.8 Å². The Hall–Kier alpha value is -3.55. The Kier molecular flexibility index (Phi) is 6.46. The summed E-state index contributed by atoms with van der Waals surface area (Å²) < 4.78 is 10.5. The summed E-state index contributed by atoms with van der Waals surface area (Å²) in [6.45, 7) is 0.521. The van der Waals surface area contributed by atoms with E-state index < -0.39 is 5.91 Å². The average molecular weight is 383 g/mol. The number of ether oxygens (including phenoxy) is 2. The normalized spacial score (nSPS) is 11.6. The highest BCUT2D eigenvalue weighted by Crippen LogP contribution is 2.32. The van der Waals surface area contributed by atoms with Crippen LogP contribution < -0.4 is 25.6 Å². The lowest BCUT2D eigenvalue weighted by Gasteiger charge is -2.08. The Bertz CT molecular complexity index is 854. The van der Waals surface area contributed by atoms with Gasteiger partial charge >= 0.3 is 0 Å². The summed E-state index contributed by atoms with van der Waals surface area (Å²) in [6.07, 6.45) is 0.153. The van der Waals surface area contributed by atoms with Gasteiger partial charge in [-0.25, -0.2) is 0 Å². The van der Waals surface area contributed by atoms with Crippen LogP contribution in [0, 0.1) is 0 Å². The minimum absolute atomic E-state index is 0.0188. The van der Waals surface area contributed by atoms with E-state index in [-0.39, 0.29) is 37.9 Å². The molecule has 0 atom stereocenters. The van der Waals surface area contributed by atoms with Crippen molar-refractivity contribution in [2.24, 2.45) is 0 Å². The molecule has 3 amide bonds. The monoisotopic (exact) mass is 383 g/mol. The molecule has 146 valence electrons. The van der Waals surface area contributed by atoms with Gasteiger partial charge in [0.25, 0.3) is 0 Å². The van der Waals surface area contributed by atoms with Crippen LogP contribution in [0.5, 0.6) is 11.5 Å². The summed E-state index contributed by atoms with van der Waals surface area (Å²) in [5.41, 5.74) is 6.37. The predicted molar refractivity (Wildman–Crippen MR) is 100 cm³/mol. The lowest BCUT2D eigenvalue weighted by molar-refractivity contribution is -0.130. The van der Waals surface area contributed by atoms with Gasteiger partial charge in [-0.2, -0.15) is 0 Å². The van der Waals surface area contributed by atoms with E-state index in [1.807, 2.05) is 36.4 Å². The van der Waals surface area contributed by atoms with Crippen molar-refractivity contribution in [3.05, 3.63) is 59.7 Å². The number of hydrogen-bond acceptors (Lipinski definition) is 5. The zero-order valence-electron chi connectivity index (χ0n) is 15.2. The van der Waals surface area contributed by atoms with Crippen LogP contribution in [0.4, 0.5) is 0 Å². The molecule has 0 spiro atoms. The molecule has 3 N–H and O–H groups in total. The van der Waals surface area contributed by atoms with Gasteiger partial charge in [0, 0.05) is 19.4 Å². The first-order valence-corrected chi connectivity index (χ1v) is 8.87. The van der Waals surface area contributed by atoms with Gasteiger partial charge in [0.1, 0.15) is 0 Å². The molecule has 1 heterocycles. The fourth-order valence-corrected chi connectivity index (χ4v) is 2.59. The number of fused-ring (bicyclic) bond motifs is 1. The largest absolute Gasteiger partial charge is 0.454 e. The third kappa shape index (κ3) is 5.73. The first-order chi connectivity index (χ1) is 13.6. The quantitative estimate of drug-likeness (QED) is 0.623. The third-order valence-corrected chi connectivity index (χ3v) is 4.05. The molecule has 0 unspecified atom stereocenters. The number of rotatable bonds is 7. The SMILES string of the molecule is O=C(CCC(=O)NNC(=O)Cc1ccccc1)NCc1ccc2c(c1)OCO2. The van der Waals surface area contributed by atoms with E-state index in [2.05, 4.69) is 16.2 Å². The van der Waals surface area contributed by atoms with E-state index in [9.17, 15) is 14.4 Å². The Morgan fingerprint density at radius 1 is 0.786 bits per heavy atom. The number of benzene rings is 2. The number of hydrazine groups is 1. The molecule has 0 fully saturated rings. The van der Waals surface area contributed by atoms with Crippen molar-refractivity contribution in [1.29, 1.82) is 0 Å². The Balaban J connectivity index is 1.31. The van der Waals surface area contributed by atoms with Crippen molar-refractivity contribution in [2.45, 2.75) is 25.8 Å². The molecule has 2 aromatic rings. The number of carbonyl (C=O) groups is 3. The standard InChI is InChI=1S/C20H21N3O5/c24-18(21-12-15-6-7-16-17(10-15)28-13-27-16)8-9-19(25)22-23-20(26)11-14-4-2-1-3-5-14/h1-7,10H,8-9,11-13H2,(H,21,24)(H,22,25)(H,23,26). The molecule has 1 aliphatic rings. The molecule has 0 radical (unpaired) electrons. The molecule has 28 heavy (non-hydrogen) atoms. The number of nitrogens with one attached hydrogen (secondary N) is 3. The van der Waals surface area contributed by atoms with Crippen molar-refractivity contribution in [3.63, 3.8) is 0 Å². The lowest BCUT2D eigenvalue weighted by atomic mass is 10.1. The molecular weight excluding hydrogens is 362 g/mol. The van der Waals surface area contributed by atoms with Gasteiger partial charge in [-0.15, -0.1) is 0 Å². The third-order valence-electron chi connectivity index (χ3n) is 4.05. The van der Waals surface area contributed by atoms with Crippen LogP contribution in [0.3, 0.4) is 0 Å². The fourth-order valence-electron chi connectivity index (χ4n) is 2.59. The minimum Gasteiger partial charge on any atom is -0.454 e. The number of carbonyl (C=O) groups excluding carboxylic acids is 3. The molecule has 2 aromatic carbocycles. The zero-order valence-corrected chi connectivity index (χ0v) is 15.2. The van der Waals surface area contributed by atoms with Crippen molar-refractivity contribution < 1.29 is 23.9 Å². The summed E-state index contributed by atoms with van der Waals surface area (Å²) in [6, 6.07) is 14.6. The van der Waals surface area contributed by atoms with Crippen LogP contribution in [-0.4, -0.2) is 24.5 Å². The van der Waals surface area contributed by atoms with Gasteiger partial charge in [-0.3, -0.25) is 25.2 Å². The van der Waals surface area contributed by atoms with Crippen LogP contribution in [0.15, 0.2) is 48.5 Å². The lowest BCUT2D eigenvalue weighted by Crippen LogP contribution is -2.42. The topological polar surface area (TPSA) is 106 Å². The number of hydrogen-bond donors (Lipinski definition) is 3. The molecular formula is C20H21N3O5. The highest BCUT2D eigenvalue weighted by atomic mass is 16.7. The van der Waals surface area contributed by atoms with Gasteiger partial charge in [0.2, 0.25) is 24.5 Å². The summed E-state index contributed by atoms with van der Waals surface area (Å²) in [4.78, 5) is 35.4. The second-order valence-corrected chi connectivity index (χ2v) is 6.22. The van der Waals surface area contributed by atoms with E-state index >= 15 is 0 Å². The first-order valence-electron chi connectivity index (χ1n) is 8.87. The molecule has 8 nitrogen and oxygen atoms in total. The Morgan fingerprint density at radius 3 is 2.32 bits per heavy atom. The molecule has 0 aromatic heterocycles. The fraction of sp³-hybridized carbons (Fsp3) is 0.250. The average Bonchev–Trinajstić information content (AvgIpc) is 3.18. The summed E-state index contributed by atoms with van der Waals surface area (Å²) in [7, 11) is 0. The Labute approximate surface area is 162 Å². The Morgan fingerprint density at radius 2 is 1.50 bits per heavy atom. The first kappa shape index (κ1) is 19.2. The van der Waals surface area contributed by atoms with Crippen molar-refractivity contribution in [3.8, 4) is 11.5 Å². The summed E-state index contributed by atoms with van der Waals surface area (Å²) in [5, 5.41) is 2.74. The minimum atomic E-state index is -0.431. The van der Waals surface area contributed by atoms with E-state index in [0.29, 0.717) is 18.0 Å². The molecule has 1 aliphatic heterocycles. The van der Waals surface area contributed by atoms with Crippen LogP contribution in [-0.2, 0) is 27.3 Å². The van der Waals surface area contributed by atoms with Crippen LogP contribution in [0.25, 0.3) is 0 Å². The van der Waals surface area contributed by atoms with Crippen LogP contribution >= 0.6 is 0 Å². The van der Waals surface area contributed by atoms with Crippen LogP contribution in [0.1, 0.15) is 24.0 Å². The van der Waals surface area contributed by atoms with E-state index in [4.69, 9.17) is 9.47 Å². The second-order valence-electron chi connectivity index (χ2n) is 6.22. The zero-order chi connectivity index (χ0) is 19.8. The molecule has 3 rings (SSSR count). The van der Waals surface area contributed by atoms with Crippen molar-refractivity contribution in [1.82, 2.24) is 16.2 Å². The van der Waals surface area contributed by atoms with Crippen LogP contribution in [0.2, 0.25) is 0 Å². The van der Waals surface area contributed by atoms with Crippen molar-refractivity contribution >= 4 is 17.7 Å². The van der Waals surface area contributed by atoms with E-state index in [1.54, 1.807) is 12.1 Å². The maximum absolute atomic E-state index is 11.9. The molecule has 0 bridgehead atoms. The molecule has 0 aliphatic carbocycles. The maximum Gasteiger partial charge on any atom is 0.242 e. The molecule has 0 saturated carbocycles. The summed E-state index contributed by atoms with van der Waals surface area (Å²) in [5.74, 6) is 0.313. The van der Waals surface area contributed by atoms with Gasteiger partial charge in [-0.1, -0.05) is 36.4 Å². The summed E-state index contributed by atoms with van der Waals surface area (Å²) >= 11 is 0. The predicted octanol–water partition coefficient (Wildman–Crippen LogP) is 1.20. The maximum atomic E-state index is 11.9. The van der Waals surface area contributed by atoms with Gasteiger partial charge in [-0.05, 0) is 23.3 Å². The second kappa shape index (κ2) is 9.40. The molecule has 0 saturated heterocycles. The smallest absolute Gasteiger partial charge is 0.242 e.